The van der Waals surface area contributed by atoms with Crippen molar-refractivity contribution in [2.24, 2.45) is 5.16 Å². The molecule has 0 heterocycles. The molecule has 7 heteroatoms. The van der Waals surface area contributed by atoms with Crippen LogP contribution in [-0.2, 0) is 11.3 Å². The highest BCUT2D eigenvalue weighted by Crippen LogP contribution is 2.32. The van der Waals surface area contributed by atoms with Gasteiger partial charge in [-0.1, -0.05) is 29.4 Å². The van der Waals surface area contributed by atoms with Crippen LogP contribution in [-0.4, -0.2) is 17.7 Å². The van der Waals surface area contributed by atoms with Crippen LogP contribution in [0.2, 0.25) is 0 Å². The number of nitrogens with zero attached hydrogens (tertiary/aromatic N) is 1. The Morgan fingerprint density at radius 1 is 0.844 bits per heavy atom. The first-order chi connectivity index (χ1) is 15.5. The summed E-state index contributed by atoms with van der Waals surface area (Å²) in [5, 5.41) is 4.19. The Kier molecular flexibility index (Phi) is 7.24. The van der Waals surface area contributed by atoms with E-state index >= 15 is 0 Å². The van der Waals surface area contributed by atoms with E-state index in [2.05, 4.69) is 50.3 Å². The van der Waals surface area contributed by atoms with Gasteiger partial charge in [-0.15, -0.1) is 0 Å². The summed E-state index contributed by atoms with van der Waals surface area (Å²) in [7, 11) is 0. The first kappa shape index (κ1) is 22.9. The average molecular weight is 651 g/mol. The van der Waals surface area contributed by atoms with E-state index in [1.165, 1.54) is 0 Å². The maximum Gasteiger partial charge on any atom is 0.366 e. The number of halogens is 2. The summed E-state index contributed by atoms with van der Waals surface area (Å²) in [6.45, 7) is 1.94. The van der Waals surface area contributed by atoms with E-state index in [0.29, 0.717) is 23.3 Å². The molecule has 0 N–H and O–H groups in total. The van der Waals surface area contributed by atoms with Crippen LogP contribution in [0.1, 0.15) is 50.2 Å². The number of esters is 1. The van der Waals surface area contributed by atoms with Gasteiger partial charge in [-0.05, 0) is 119 Å². The number of fused-ring (bicyclic) bond motifs is 1. The first-order valence-electron chi connectivity index (χ1n) is 10.1. The summed E-state index contributed by atoms with van der Waals surface area (Å²) in [6, 6.07) is 18.2. The van der Waals surface area contributed by atoms with Crippen molar-refractivity contribution in [3.05, 3.63) is 95.6 Å². The number of hydrogen-bond acceptors (Lipinski definition) is 5. The number of rotatable bonds is 4. The lowest BCUT2D eigenvalue weighted by atomic mass is 9.87. The smallest absolute Gasteiger partial charge is 0.366 e. The SMILES string of the molecule is Cc1c(OC(=O)c2ccccc2I)ccc2c1CCC/C2=N/OC(=O)c1ccccc1I. The predicted octanol–water partition coefficient (Wildman–Crippen LogP) is 6.32. The molecule has 0 amide bonds. The van der Waals surface area contributed by atoms with Crippen LogP contribution in [0.25, 0.3) is 0 Å². The van der Waals surface area contributed by atoms with Gasteiger partial charge < -0.3 is 9.57 Å². The molecule has 162 valence electrons. The van der Waals surface area contributed by atoms with Crippen molar-refractivity contribution in [3.63, 3.8) is 0 Å². The zero-order chi connectivity index (χ0) is 22.7. The Bertz CT molecular complexity index is 1240. The van der Waals surface area contributed by atoms with E-state index in [-0.39, 0.29) is 5.97 Å². The van der Waals surface area contributed by atoms with Crippen molar-refractivity contribution in [2.45, 2.75) is 26.2 Å². The van der Waals surface area contributed by atoms with Crippen LogP contribution in [0.4, 0.5) is 0 Å². The van der Waals surface area contributed by atoms with E-state index in [1.54, 1.807) is 24.3 Å². The van der Waals surface area contributed by atoms with Gasteiger partial charge in [0.05, 0.1) is 16.8 Å². The summed E-state index contributed by atoms with van der Waals surface area (Å²) >= 11 is 4.23. The van der Waals surface area contributed by atoms with Gasteiger partial charge in [-0.3, -0.25) is 0 Å². The second-order valence-corrected chi connectivity index (χ2v) is 9.66. The highest BCUT2D eigenvalue weighted by molar-refractivity contribution is 14.1. The first-order valence-corrected chi connectivity index (χ1v) is 12.2. The molecule has 3 aromatic rings. The minimum atomic E-state index is -0.477. The highest BCUT2D eigenvalue weighted by atomic mass is 127. The fourth-order valence-electron chi connectivity index (χ4n) is 3.65. The molecule has 1 aliphatic carbocycles. The van der Waals surface area contributed by atoms with Crippen LogP contribution in [0.5, 0.6) is 5.75 Å². The van der Waals surface area contributed by atoms with Crippen LogP contribution < -0.4 is 4.74 Å². The van der Waals surface area contributed by atoms with Gasteiger partial charge in [0, 0.05) is 12.7 Å². The Hall–Kier alpha value is -2.27. The lowest BCUT2D eigenvalue weighted by Gasteiger charge is -2.21. The molecule has 0 spiro atoms. The number of hydrogen-bond donors (Lipinski definition) is 0. The molecule has 0 aromatic heterocycles. The average Bonchev–Trinajstić information content (AvgIpc) is 2.80. The summed E-state index contributed by atoms with van der Waals surface area (Å²) in [5.41, 5.74) is 4.64. The summed E-state index contributed by atoms with van der Waals surface area (Å²) in [6.07, 6.45) is 2.44. The number of oxime groups is 1. The largest absolute Gasteiger partial charge is 0.423 e. The zero-order valence-electron chi connectivity index (χ0n) is 17.2. The number of carbonyl (C=O) groups is 2. The monoisotopic (exact) mass is 651 g/mol. The quantitative estimate of drug-likeness (QED) is 0.109. The molecule has 0 saturated carbocycles. The van der Waals surface area contributed by atoms with Crippen molar-refractivity contribution in [2.75, 3.05) is 0 Å². The Morgan fingerprint density at radius 2 is 1.47 bits per heavy atom. The van der Waals surface area contributed by atoms with Gasteiger partial charge in [0.15, 0.2) is 0 Å². The number of ether oxygens (including phenoxy) is 1. The maximum atomic E-state index is 12.7. The van der Waals surface area contributed by atoms with E-state index in [0.717, 1.165) is 42.4 Å². The fourth-order valence-corrected chi connectivity index (χ4v) is 4.87. The maximum absolute atomic E-state index is 12.7. The topological polar surface area (TPSA) is 65.0 Å². The number of carbonyl (C=O) groups excluding carboxylic acids is 2. The number of benzene rings is 3. The molecule has 0 fully saturated rings. The lowest BCUT2D eigenvalue weighted by Crippen LogP contribution is -2.17. The third-order valence-electron chi connectivity index (χ3n) is 5.33. The normalized spacial score (nSPS) is 14.0. The van der Waals surface area contributed by atoms with Gasteiger partial charge in [-0.25, -0.2) is 9.59 Å². The molecule has 3 aromatic carbocycles. The van der Waals surface area contributed by atoms with Crippen molar-refractivity contribution in [1.82, 2.24) is 0 Å². The van der Waals surface area contributed by atoms with Crippen LogP contribution in [0.3, 0.4) is 0 Å². The minimum absolute atomic E-state index is 0.380. The third-order valence-corrected chi connectivity index (χ3v) is 7.21. The van der Waals surface area contributed by atoms with Gasteiger partial charge in [0.2, 0.25) is 0 Å². The molecule has 0 aliphatic heterocycles. The Balaban J connectivity index is 1.57. The molecular weight excluding hydrogens is 632 g/mol. The van der Waals surface area contributed by atoms with E-state index in [4.69, 9.17) is 9.57 Å². The fraction of sp³-hybridized carbons (Fsp3) is 0.160. The van der Waals surface area contributed by atoms with E-state index < -0.39 is 5.97 Å². The van der Waals surface area contributed by atoms with Gasteiger partial charge >= 0.3 is 11.9 Å². The molecule has 5 nitrogen and oxygen atoms in total. The van der Waals surface area contributed by atoms with Crippen LogP contribution in [0, 0.1) is 14.1 Å². The molecule has 0 atom stereocenters. The Morgan fingerprint density at radius 3 is 2.12 bits per heavy atom. The van der Waals surface area contributed by atoms with Crippen LogP contribution in [0.15, 0.2) is 65.8 Å². The molecule has 0 bridgehead atoms. The predicted molar refractivity (Wildman–Crippen MR) is 139 cm³/mol. The molecule has 4 rings (SSSR count). The molecule has 1 aliphatic rings. The summed E-state index contributed by atoms with van der Waals surface area (Å²) < 4.78 is 7.37. The second-order valence-electron chi connectivity index (χ2n) is 7.33. The van der Waals surface area contributed by atoms with Gasteiger partial charge in [0.1, 0.15) is 5.75 Å². The molecule has 32 heavy (non-hydrogen) atoms. The van der Waals surface area contributed by atoms with Gasteiger partial charge in [0.25, 0.3) is 0 Å². The lowest BCUT2D eigenvalue weighted by molar-refractivity contribution is 0.0513. The highest BCUT2D eigenvalue weighted by Gasteiger charge is 2.22. The van der Waals surface area contributed by atoms with Crippen molar-refractivity contribution >= 4 is 62.8 Å². The molecular formula is C25H19I2NO4. The zero-order valence-corrected chi connectivity index (χ0v) is 21.5. The third kappa shape index (κ3) is 4.88. The second kappa shape index (κ2) is 10.1. The van der Waals surface area contributed by atoms with Crippen molar-refractivity contribution in [1.29, 1.82) is 0 Å². The van der Waals surface area contributed by atoms with E-state index in [1.807, 2.05) is 43.3 Å². The van der Waals surface area contributed by atoms with Crippen LogP contribution >= 0.6 is 45.2 Å². The van der Waals surface area contributed by atoms with E-state index in [9.17, 15) is 9.59 Å². The standard InChI is InChI=1S/C25H19I2NO4/c1-15-16-9-6-12-22(28-32-25(30)19-8-3-5-11-21(19)27)17(16)13-14-23(15)31-24(29)18-7-2-4-10-20(18)26/h2-5,7-8,10-11,13-14H,6,9,12H2,1H3/b28-22-. The minimum Gasteiger partial charge on any atom is -0.423 e. The molecule has 0 saturated heterocycles. The van der Waals surface area contributed by atoms with Gasteiger partial charge in [-0.2, -0.15) is 0 Å². The summed E-state index contributed by atoms with van der Waals surface area (Å²) in [4.78, 5) is 30.4. The van der Waals surface area contributed by atoms with Crippen molar-refractivity contribution in [3.8, 4) is 5.75 Å². The molecule has 0 unspecified atom stereocenters. The summed E-state index contributed by atoms with van der Waals surface area (Å²) in [5.74, 6) is -0.325. The molecule has 0 radical (unpaired) electrons. The Labute approximate surface area is 213 Å². The van der Waals surface area contributed by atoms with Crippen molar-refractivity contribution < 1.29 is 19.2 Å².